The molecule has 2 nitrogen and oxygen atoms in total. The van der Waals surface area contributed by atoms with Crippen LogP contribution in [0.2, 0.25) is 0 Å². The minimum Gasteiger partial charge on any atom is -0.405 e. The first-order chi connectivity index (χ1) is 10.9. The van der Waals surface area contributed by atoms with Crippen LogP contribution in [0.3, 0.4) is 0 Å². The van der Waals surface area contributed by atoms with Crippen LogP contribution in [0.5, 0.6) is 0 Å². The van der Waals surface area contributed by atoms with E-state index in [-0.39, 0.29) is 5.78 Å². The molecule has 0 heterocycles. The van der Waals surface area contributed by atoms with E-state index in [0.29, 0.717) is 5.92 Å². The summed E-state index contributed by atoms with van der Waals surface area (Å²) >= 11 is 0. The van der Waals surface area contributed by atoms with Gasteiger partial charge in [0.1, 0.15) is 0 Å². The van der Waals surface area contributed by atoms with Gasteiger partial charge in [-0.3, -0.25) is 4.79 Å². The lowest BCUT2D eigenvalue weighted by atomic mass is 9.95. The quantitative estimate of drug-likeness (QED) is 0.442. The molecule has 0 bridgehead atoms. The number of hydrogen-bond acceptors (Lipinski definition) is 2. The zero-order valence-electron chi connectivity index (χ0n) is 14.6. The summed E-state index contributed by atoms with van der Waals surface area (Å²) in [4.78, 5) is 12.6. The molecule has 0 atom stereocenters. The summed E-state index contributed by atoms with van der Waals surface area (Å²) in [6, 6.07) is 6.13. The van der Waals surface area contributed by atoms with Crippen LogP contribution < -0.4 is 5.73 Å². The largest absolute Gasteiger partial charge is 0.405 e. The lowest BCUT2D eigenvalue weighted by Gasteiger charge is -2.09. The van der Waals surface area contributed by atoms with Crippen molar-refractivity contribution in [3.8, 4) is 0 Å². The Labute approximate surface area is 140 Å². The third-order valence-electron chi connectivity index (χ3n) is 3.59. The average Bonchev–Trinajstić information content (AvgIpc) is 2.48. The molecule has 0 spiro atoms. The Morgan fingerprint density at radius 1 is 1.35 bits per heavy atom. The van der Waals surface area contributed by atoms with Crippen LogP contribution in [0.4, 0.5) is 0 Å². The third-order valence-corrected chi connectivity index (χ3v) is 3.59. The number of rotatable bonds is 7. The maximum absolute atomic E-state index is 12.6. The molecule has 2 heteroatoms. The SMILES string of the molecule is C=C/C=C(\C=C/N)C(/C)=C/C(=O)c1cc(CC(C)C)ccc1C. The maximum Gasteiger partial charge on any atom is 0.186 e. The van der Waals surface area contributed by atoms with Crippen molar-refractivity contribution >= 4 is 5.78 Å². The molecule has 122 valence electrons. The zero-order chi connectivity index (χ0) is 17.4. The molecular formula is C21H27NO. The van der Waals surface area contributed by atoms with Crippen molar-refractivity contribution in [1.82, 2.24) is 0 Å². The van der Waals surface area contributed by atoms with E-state index in [4.69, 9.17) is 5.73 Å². The van der Waals surface area contributed by atoms with E-state index in [1.807, 2.05) is 32.1 Å². The number of nitrogens with two attached hydrogens (primary N) is 1. The van der Waals surface area contributed by atoms with Crippen LogP contribution in [-0.2, 0) is 6.42 Å². The number of carbonyl (C=O) groups is 1. The van der Waals surface area contributed by atoms with Gasteiger partial charge in [-0.1, -0.05) is 44.7 Å². The number of ketones is 1. The molecule has 0 saturated heterocycles. The van der Waals surface area contributed by atoms with Crippen molar-refractivity contribution in [2.45, 2.75) is 34.1 Å². The standard InChI is InChI=1S/C21H27NO/c1-6-7-19(10-11-22)17(5)13-21(23)20-14-18(12-15(2)3)9-8-16(20)4/h6-11,13-15H,1,12,22H2,2-5H3/b11-10-,17-13+,19-7+. The normalized spacial score (nSPS) is 12.9. The van der Waals surface area contributed by atoms with Crippen LogP contribution in [0.25, 0.3) is 0 Å². The lowest BCUT2D eigenvalue weighted by molar-refractivity contribution is 0.104. The smallest absolute Gasteiger partial charge is 0.186 e. The summed E-state index contributed by atoms with van der Waals surface area (Å²) < 4.78 is 0. The second kappa shape index (κ2) is 8.94. The minimum atomic E-state index is 0.0194. The fourth-order valence-electron chi connectivity index (χ4n) is 2.44. The highest BCUT2D eigenvalue weighted by Crippen LogP contribution is 2.18. The Bertz CT molecular complexity index is 660. The van der Waals surface area contributed by atoms with Gasteiger partial charge in [-0.25, -0.2) is 0 Å². The highest BCUT2D eigenvalue weighted by molar-refractivity contribution is 6.06. The Morgan fingerprint density at radius 2 is 2.04 bits per heavy atom. The molecule has 0 fully saturated rings. The topological polar surface area (TPSA) is 43.1 Å². The molecule has 0 aliphatic carbocycles. The van der Waals surface area contributed by atoms with Gasteiger partial charge in [0.05, 0.1) is 0 Å². The van der Waals surface area contributed by atoms with Crippen molar-refractivity contribution < 1.29 is 4.79 Å². The van der Waals surface area contributed by atoms with Crippen molar-refractivity contribution in [2.75, 3.05) is 0 Å². The molecule has 0 aliphatic rings. The highest BCUT2D eigenvalue weighted by atomic mass is 16.1. The summed E-state index contributed by atoms with van der Waals surface area (Å²) in [5, 5.41) is 0. The fourth-order valence-corrected chi connectivity index (χ4v) is 2.44. The van der Waals surface area contributed by atoms with Gasteiger partial charge in [0.15, 0.2) is 5.78 Å². The summed E-state index contributed by atoms with van der Waals surface area (Å²) in [6.07, 6.45) is 9.39. The maximum atomic E-state index is 12.6. The van der Waals surface area contributed by atoms with Gasteiger partial charge in [0.25, 0.3) is 0 Å². The molecule has 0 unspecified atom stereocenters. The van der Waals surface area contributed by atoms with E-state index in [2.05, 4.69) is 26.5 Å². The number of hydrogen-bond donors (Lipinski definition) is 1. The number of allylic oxidation sites excluding steroid dienone is 6. The molecular weight excluding hydrogens is 282 g/mol. The van der Waals surface area contributed by atoms with Crippen molar-refractivity contribution in [2.24, 2.45) is 11.7 Å². The molecule has 1 aromatic carbocycles. The van der Waals surface area contributed by atoms with E-state index < -0.39 is 0 Å². The van der Waals surface area contributed by atoms with Gasteiger partial charge in [-0.2, -0.15) is 0 Å². The number of carbonyl (C=O) groups excluding carboxylic acids is 1. The first-order valence-corrected chi connectivity index (χ1v) is 7.92. The molecule has 2 N–H and O–H groups in total. The predicted molar refractivity (Wildman–Crippen MR) is 99.4 cm³/mol. The van der Waals surface area contributed by atoms with Crippen molar-refractivity contribution in [1.29, 1.82) is 0 Å². The Hall–Kier alpha value is -2.35. The summed E-state index contributed by atoms with van der Waals surface area (Å²) in [7, 11) is 0. The van der Waals surface area contributed by atoms with Gasteiger partial charge in [0, 0.05) is 5.56 Å². The van der Waals surface area contributed by atoms with Crippen LogP contribution in [-0.4, -0.2) is 5.78 Å². The average molecular weight is 309 g/mol. The van der Waals surface area contributed by atoms with Crippen LogP contribution in [0.15, 0.2) is 66.4 Å². The molecule has 1 aromatic rings. The summed E-state index contributed by atoms with van der Waals surface area (Å²) in [6.45, 7) is 11.9. The summed E-state index contributed by atoms with van der Waals surface area (Å²) in [5.41, 5.74) is 10.2. The van der Waals surface area contributed by atoms with Gasteiger partial charge in [-0.05, 0) is 72.9 Å². The van der Waals surface area contributed by atoms with E-state index >= 15 is 0 Å². The Balaban J connectivity index is 3.16. The van der Waals surface area contributed by atoms with E-state index in [1.165, 1.54) is 11.8 Å². The van der Waals surface area contributed by atoms with Gasteiger partial charge >= 0.3 is 0 Å². The Kier molecular flexibility index (Phi) is 7.27. The second-order valence-electron chi connectivity index (χ2n) is 6.16. The predicted octanol–water partition coefficient (Wildman–Crippen LogP) is 4.91. The van der Waals surface area contributed by atoms with Crippen LogP contribution in [0, 0.1) is 12.8 Å². The van der Waals surface area contributed by atoms with Gasteiger partial charge < -0.3 is 5.73 Å². The molecule has 23 heavy (non-hydrogen) atoms. The fraction of sp³-hybridized carbons (Fsp3) is 0.286. The monoisotopic (exact) mass is 309 g/mol. The number of benzene rings is 1. The van der Waals surface area contributed by atoms with Crippen LogP contribution in [0.1, 0.15) is 42.3 Å². The summed E-state index contributed by atoms with van der Waals surface area (Å²) in [5.74, 6) is 0.584. The van der Waals surface area contributed by atoms with E-state index in [1.54, 1.807) is 18.2 Å². The second-order valence-corrected chi connectivity index (χ2v) is 6.16. The van der Waals surface area contributed by atoms with Gasteiger partial charge in [0.2, 0.25) is 0 Å². The van der Waals surface area contributed by atoms with Gasteiger partial charge in [-0.15, -0.1) is 0 Å². The number of aryl methyl sites for hydroxylation is 1. The van der Waals surface area contributed by atoms with E-state index in [9.17, 15) is 4.79 Å². The third kappa shape index (κ3) is 5.74. The van der Waals surface area contributed by atoms with Crippen molar-refractivity contribution in [3.05, 3.63) is 83.1 Å². The first kappa shape index (κ1) is 18.7. The van der Waals surface area contributed by atoms with E-state index in [0.717, 1.165) is 28.7 Å². The molecule has 0 aromatic heterocycles. The Morgan fingerprint density at radius 3 is 2.61 bits per heavy atom. The molecule has 1 rings (SSSR count). The van der Waals surface area contributed by atoms with Crippen LogP contribution >= 0.6 is 0 Å². The molecule has 0 aliphatic heterocycles. The van der Waals surface area contributed by atoms with Crippen molar-refractivity contribution in [3.63, 3.8) is 0 Å². The molecule has 0 radical (unpaired) electrons. The molecule has 0 saturated carbocycles. The minimum absolute atomic E-state index is 0.0194. The molecule has 0 amide bonds. The first-order valence-electron chi connectivity index (χ1n) is 7.92. The highest BCUT2D eigenvalue weighted by Gasteiger charge is 2.10. The zero-order valence-corrected chi connectivity index (χ0v) is 14.6. The lowest BCUT2D eigenvalue weighted by Crippen LogP contribution is -2.03.